The van der Waals surface area contributed by atoms with E-state index >= 15 is 0 Å². The molecule has 1 amide bonds. The van der Waals surface area contributed by atoms with E-state index in [4.69, 9.17) is 4.74 Å². The van der Waals surface area contributed by atoms with Crippen LogP contribution in [0.2, 0.25) is 0 Å². The van der Waals surface area contributed by atoms with E-state index in [0.29, 0.717) is 35.0 Å². The molecular weight excluding hydrogens is 406 g/mol. The third-order valence-electron chi connectivity index (χ3n) is 5.06. The molecule has 4 rings (SSSR count). The van der Waals surface area contributed by atoms with Gasteiger partial charge in [0.25, 0.3) is 5.56 Å². The first-order chi connectivity index (χ1) is 14.4. The van der Waals surface area contributed by atoms with Gasteiger partial charge in [-0.05, 0) is 46.0 Å². The van der Waals surface area contributed by atoms with Gasteiger partial charge in [-0.3, -0.25) is 19.1 Å². The second-order valence-electron chi connectivity index (χ2n) is 8.13. The van der Waals surface area contributed by atoms with Crippen molar-refractivity contribution in [3.8, 4) is 0 Å². The van der Waals surface area contributed by atoms with Crippen LogP contribution in [0.25, 0.3) is 11.0 Å². The number of ether oxygens (including phenoxy) is 1. The Hall–Kier alpha value is -2.20. The minimum atomic E-state index is -0.497. The molecule has 2 saturated carbocycles. The third-order valence-corrected chi connectivity index (χ3v) is 6.03. The molecule has 0 spiro atoms. The van der Waals surface area contributed by atoms with Crippen LogP contribution in [0.3, 0.4) is 0 Å². The van der Waals surface area contributed by atoms with Crippen molar-refractivity contribution in [2.45, 2.75) is 69.0 Å². The van der Waals surface area contributed by atoms with Crippen molar-refractivity contribution in [2.24, 2.45) is 0 Å². The van der Waals surface area contributed by atoms with Crippen molar-refractivity contribution < 1.29 is 9.53 Å². The van der Waals surface area contributed by atoms with Crippen molar-refractivity contribution in [1.29, 1.82) is 0 Å². The average Bonchev–Trinajstić information content (AvgIpc) is 3.58. The molecule has 2 N–H and O–H groups in total. The predicted octanol–water partition coefficient (Wildman–Crippen LogP) is 1.72. The van der Waals surface area contributed by atoms with Gasteiger partial charge in [-0.1, -0.05) is 11.8 Å². The Bertz CT molecular complexity index is 1060. The number of hydrogen-bond donors (Lipinski definition) is 2. The van der Waals surface area contributed by atoms with Gasteiger partial charge in [-0.15, -0.1) is 0 Å². The maximum Gasteiger partial charge on any atom is 0.330 e. The zero-order chi connectivity index (χ0) is 21.3. The first kappa shape index (κ1) is 21.0. The summed E-state index contributed by atoms with van der Waals surface area (Å²) < 4.78 is 7.05. The van der Waals surface area contributed by atoms with E-state index in [9.17, 15) is 14.4 Å². The van der Waals surface area contributed by atoms with Crippen LogP contribution in [0, 0.1) is 0 Å². The highest BCUT2D eigenvalue weighted by Crippen LogP contribution is 2.40. The molecule has 0 aromatic carbocycles. The lowest BCUT2D eigenvalue weighted by Gasteiger charge is -2.12. The van der Waals surface area contributed by atoms with Crippen LogP contribution in [-0.2, 0) is 9.53 Å². The molecule has 2 aliphatic rings. The van der Waals surface area contributed by atoms with Crippen molar-refractivity contribution in [3.05, 3.63) is 26.7 Å². The summed E-state index contributed by atoms with van der Waals surface area (Å²) in [6.07, 6.45) is 4.72. The minimum absolute atomic E-state index is 0.0769. The predicted molar refractivity (Wildman–Crippen MR) is 114 cm³/mol. The standard InChI is InChI=1S/C20H27N5O4S/c1-11(2)29-9-3-8-21-14(26)10-30-19-15-17(22-16(23-19)12-4-5-12)25(13-6-7-13)20(28)24-18(15)27/h11-13H,3-10H2,1-2H3,(H,21,26)(H,24,27,28). The Morgan fingerprint density at radius 3 is 2.70 bits per heavy atom. The number of carbonyl (C=O) groups excluding carboxylic acids is 1. The quantitative estimate of drug-likeness (QED) is 0.333. The second kappa shape index (κ2) is 8.89. The lowest BCUT2D eigenvalue weighted by molar-refractivity contribution is -0.118. The van der Waals surface area contributed by atoms with E-state index in [1.54, 1.807) is 4.57 Å². The van der Waals surface area contributed by atoms with Crippen LogP contribution >= 0.6 is 11.8 Å². The van der Waals surface area contributed by atoms with E-state index in [0.717, 1.165) is 32.1 Å². The lowest BCUT2D eigenvalue weighted by Crippen LogP contribution is -2.31. The molecule has 0 unspecified atom stereocenters. The molecular formula is C20H27N5O4S. The van der Waals surface area contributed by atoms with Gasteiger partial charge in [0.15, 0.2) is 5.65 Å². The Morgan fingerprint density at radius 2 is 2.03 bits per heavy atom. The van der Waals surface area contributed by atoms with E-state index in [-0.39, 0.29) is 29.7 Å². The van der Waals surface area contributed by atoms with Crippen molar-refractivity contribution >= 4 is 28.7 Å². The van der Waals surface area contributed by atoms with Gasteiger partial charge in [-0.25, -0.2) is 14.8 Å². The number of amides is 1. The molecule has 0 atom stereocenters. The SMILES string of the molecule is CC(C)OCCCNC(=O)CSc1nc(C2CC2)nc2c1c(=O)[nH]c(=O)n2C1CC1. The van der Waals surface area contributed by atoms with Gasteiger partial charge in [0.05, 0.1) is 11.9 Å². The normalized spacial score (nSPS) is 16.4. The highest BCUT2D eigenvalue weighted by Gasteiger charge is 2.32. The number of hydrogen-bond acceptors (Lipinski definition) is 7. The molecule has 162 valence electrons. The third kappa shape index (κ3) is 4.92. The number of rotatable bonds is 10. The van der Waals surface area contributed by atoms with Gasteiger partial charge in [0, 0.05) is 25.1 Å². The van der Waals surface area contributed by atoms with Crippen molar-refractivity contribution in [1.82, 2.24) is 24.8 Å². The Labute approximate surface area is 178 Å². The lowest BCUT2D eigenvalue weighted by atomic mass is 10.3. The summed E-state index contributed by atoms with van der Waals surface area (Å²) in [5, 5.41) is 3.63. The van der Waals surface area contributed by atoms with Gasteiger partial charge in [0.1, 0.15) is 16.2 Å². The van der Waals surface area contributed by atoms with Crippen LogP contribution < -0.4 is 16.6 Å². The van der Waals surface area contributed by atoms with E-state index < -0.39 is 11.2 Å². The Kier molecular flexibility index (Phi) is 6.24. The Morgan fingerprint density at radius 1 is 1.27 bits per heavy atom. The molecule has 9 nitrogen and oxygen atoms in total. The first-order valence-corrected chi connectivity index (χ1v) is 11.5. The minimum Gasteiger partial charge on any atom is -0.379 e. The molecule has 2 aliphatic carbocycles. The van der Waals surface area contributed by atoms with Crippen molar-refractivity contribution in [2.75, 3.05) is 18.9 Å². The summed E-state index contributed by atoms with van der Waals surface area (Å²) in [4.78, 5) is 48.8. The topological polar surface area (TPSA) is 119 Å². The van der Waals surface area contributed by atoms with Crippen LogP contribution in [0.15, 0.2) is 14.6 Å². The fourth-order valence-electron chi connectivity index (χ4n) is 3.24. The summed E-state index contributed by atoms with van der Waals surface area (Å²) >= 11 is 1.22. The van der Waals surface area contributed by atoms with Crippen LogP contribution in [0.1, 0.15) is 63.7 Å². The average molecular weight is 434 g/mol. The highest BCUT2D eigenvalue weighted by molar-refractivity contribution is 8.00. The fourth-order valence-corrected chi connectivity index (χ4v) is 4.09. The number of aromatic amines is 1. The summed E-state index contributed by atoms with van der Waals surface area (Å²) in [6, 6.07) is 0.0769. The second-order valence-corrected chi connectivity index (χ2v) is 9.10. The number of nitrogens with zero attached hydrogens (tertiary/aromatic N) is 3. The smallest absolute Gasteiger partial charge is 0.330 e. The molecule has 0 saturated heterocycles. The van der Waals surface area contributed by atoms with E-state index in [1.165, 1.54) is 11.8 Å². The number of carbonyl (C=O) groups is 1. The Balaban J connectivity index is 1.52. The maximum atomic E-state index is 12.6. The van der Waals surface area contributed by atoms with Crippen molar-refractivity contribution in [3.63, 3.8) is 0 Å². The largest absolute Gasteiger partial charge is 0.379 e. The van der Waals surface area contributed by atoms with Crippen LogP contribution in [0.4, 0.5) is 0 Å². The molecule has 0 aliphatic heterocycles. The molecule has 2 heterocycles. The monoisotopic (exact) mass is 433 g/mol. The number of aromatic nitrogens is 4. The maximum absolute atomic E-state index is 12.6. The number of nitrogens with one attached hydrogen (secondary N) is 2. The number of thioether (sulfide) groups is 1. The molecule has 2 aromatic rings. The van der Waals surface area contributed by atoms with Gasteiger partial charge < -0.3 is 10.1 Å². The zero-order valence-corrected chi connectivity index (χ0v) is 18.1. The van der Waals surface area contributed by atoms with Crippen LogP contribution in [-0.4, -0.2) is 50.4 Å². The van der Waals surface area contributed by atoms with Gasteiger partial charge in [0.2, 0.25) is 5.91 Å². The molecule has 2 aromatic heterocycles. The number of H-pyrrole nitrogens is 1. The van der Waals surface area contributed by atoms with Gasteiger partial charge in [-0.2, -0.15) is 0 Å². The number of fused-ring (bicyclic) bond motifs is 1. The first-order valence-electron chi connectivity index (χ1n) is 10.5. The molecule has 2 fully saturated rings. The van der Waals surface area contributed by atoms with Gasteiger partial charge >= 0.3 is 5.69 Å². The molecule has 0 radical (unpaired) electrons. The summed E-state index contributed by atoms with van der Waals surface area (Å²) in [5.74, 6) is 0.945. The molecule has 10 heteroatoms. The van der Waals surface area contributed by atoms with E-state index in [2.05, 4.69) is 20.3 Å². The fraction of sp³-hybridized carbons (Fsp3) is 0.650. The molecule has 0 bridgehead atoms. The van der Waals surface area contributed by atoms with Crippen LogP contribution in [0.5, 0.6) is 0 Å². The summed E-state index contributed by atoms with van der Waals surface area (Å²) in [6.45, 7) is 5.08. The summed E-state index contributed by atoms with van der Waals surface area (Å²) in [5.41, 5.74) is -0.521. The summed E-state index contributed by atoms with van der Waals surface area (Å²) in [7, 11) is 0. The molecule has 30 heavy (non-hydrogen) atoms. The van der Waals surface area contributed by atoms with E-state index in [1.807, 2.05) is 13.8 Å². The highest BCUT2D eigenvalue weighted by atomic mass is 32.2. The zero-order valence-electron chi connectivity index (χ0n) is 17.3.